The van der Waals surface area contributed by atoms with Crippen molar-refractivity contribution >= 4 is 0 Å². The van der Waals surface area contributed by atoms with Gasteiger partial charge in [-0.15, -0.1) is 0 Å². The smallest absolute Gasteiger partial charge is 0.0569 e. The first kappa shape index (κ1) is 46.4. The summed E-state index contributed by atoms with van der Waals surface area (Å²) in [5, 5.41) is 36.0. The number of nitrogens with zero attached hydrogens (tertiary/aromatic N) is 3. The van der Waals surface area contributed by atoms with E-state index < -0.39 is 0 Å². The predicted octanol–water partition coefficient (Wildman–Crippen LogP) is 7.25. The van der Waals surface area contributed by atoms with Crippen molar-refractivity contribution in [3.63, 3.8) is 0 Å². The highest BCUT2D eigenvalue weighted by molar-refractivity contribution is 5.40. The fourth-order valence-electron chi connectivity index (χ4n) is 4.86. The van der Waals surface area contributed by atoms with Gasteiger partial charge in [0.2, 0.25) is 0 Å². The van der Waals surface area contributed by atoms with Crippen LogP contribution in [-0.4, -0.2) is 84.8 Å². The summed E-state index contributed by atoms with van der Waals surface area (Å²) in [7, 11) is 2.12. The fourth-order valence-corrected chi connectivity index (χ4v) is 4.86. The van der Waals surface area contributed by atoms with Crippen LogP contribution in [0.4, 0.5) is 0 Å². The monoisotopic (exact) mass is 699 g/mol. The molecule has 50 heavy (non-hydrogen) atoms. The fraction of sp³-hybridized carbons (Fsp3) is 0.600. The number of hydroxylamine groups is 4. The number of hydrogen-bond donors (Lipinski definition) is 7. The summed E-state index contributed by atoms with van der Waals surface area (Å²) in [6.07, 6.45) is 14.3. The third-order valence-corrected chi connectivity index (χ3v) is 8.48. The van der Waals surface area contributed by atoms with E-state index in [1.54, 1.807) is 6.92 Å². The van der Waals surface area contributed by atoms with Gasteiger partial charge < -0.3 is 31.9 Å². The lowest BCUT2D eigenvalue weighted by Crippen LogP contribution is -2.23. The van der Waals surface area contributed by atoms with E-state index in [2.05, 4.69) is 79.3 Å². The summed E-state index contributed by atoms with van der Waals surface area (Å²) in [5.41, 5.74) is 12.9. The van der Waals surface area contributed by atoms with E-state index in [1.165, 1.54) is 10.1 Å². The van der Waals surface area contributed by atoms with Crippen LogP contribution < -0.4 is 27.0 Å². The zero-order valence-electron chi connectivity index (χ0n) is 32.2. The Balaban J connectivity index is 3.93. The molecular weight excluding hydrogens is 624 g/mol. The first-order valence-corrected chi connectivity index (χ1v) is 18.5. The minimum absolute atomic E-state index is 0.573. The molecule has 0 aromatic carbocycles. The van der Waals surface area contributed by atoms with Crippen LogP contribution in [0.3, 0.4) is 0 Å². The molecule has 0 aromatic rings. The van der Waals surface area contributed by atoms with Crippen molar-refractivity contribution in [1.29, 1.82) is 0 Å². The highest BCUT2D eigenvalue weighted by Crippen LogP contribution is 2.15. The van der Waals surface area contributed by atoms with Gasteiger partial charge in [-0.3, -0.25) is 20.5 Å². The van der Waals surface area contributed by atoms with Crippen molar-refractivity contribution in [2.45, 2.75) is 97.3 Å². The summed E-state index contributed by atoms with van der Waals surface area (Å²) in [5.74, 6) is 0. The summed E-state index contributed by atoms with van der Waals surface area (Å²) >= 11 is 0. The van der Waals surface area contributed by atoms with Crippen LogP contribution in [-0.2, 0) is 0 Å². The van der Waals surface area contributed by atoms with E-state index in [4.69, 9.17) is 5.73 Å². The molecule has 0 unspecified atom stereocenters. The molecule has 0 radical (unpaired) electrons. The van der Waals surface area contributed by atoms with E-state index in [9.17, 15) is 10.4 Å². The van der Waals surface area contributed by atoms with Gasteiger partial charge in [0.15, 0.2) is 0 Å². The molecule has 0 aromatic heterocycles. The highest BCUT2D eigenvalue weighted by Gasteiger charge is 2.08. The molecule has 0 aliphatic carbocycles. The zero-order valence-corrected chi connectivity index (χ0v) is 32.2. The first-order chi connectivity index (χ1) is 23.8. The van der Waals surface area contributed by atoms with Crippen LogP contribution in [0.25, 0.3) is 0 Å². The molecule has 0 aliphatic rings. The Morgan fingerprint density at radius 2 is 1.08 bits per heavy atom. The minimum atomic E-state index is 0.573. The average molecular weight is 699 g/mol. The molecule has 0 saturated heterocycles. The van der Waals surface area contributed by atoms with Gasteiger partial charge in [0.1, 0.15) is 0 Å². The van der Waals surface area contributed by atoms with Gasteiger partial charge in [0.05, 0.1) is 5.70 Å². The molecular formula is C40H74N8O2. The summed E-state index contributed by atoms with van der Waals surface area (Å²) < 4.78 is 0. The molecule has 0 rings (SSSR count). The van der Waals surface area contributed by atoms with Gasteiger partial charge in [-0.2, -0.15) is 0 Å². The average Bonchev–Trinajstić information content (AvgIpc) is 3.08. The maximum atomic E-state index is 10.4. The molecule has 0 saturated carbocycles. The van der Waals surface area contributed by atoms with Crippen molar-refractivity contribution in [2.24, 2.45) is 5.73 Å². The lowest BCUT2D eigenvalue weighted by Gasteiger charge is -2.22. The standard InChI is InChI=1S/C40H74N8O2/c1-33(2)39(9)40(32-42-28-24-41)45-27-16-11-17-29-46(10)37(7)22-20-35(5)43-26-15-13-19-31-48(50)38(8)23-21-36(6)44-25-14-12-18-30-47(49)34(3)4/h32,42-45,49-50H,1,3,5-9,11-31,41H2,2,4,10H3/b40-32-. The summed E-state index contributed by atoms with van der Waals surface area (Å²) in [6, 6.07) is 0. The van der Waals surface area contributed by atoms with Crippen LogP contribution >= 0.6 is 0 Å². The molecule has 0 spiro atoms. The van der Waals surface area contributed by atoms with Gasteiger partial charge >= 0.3 is 0 Å². The van der Waals surface area contributed by atoms with E-state index >= 15 is 0 Å². The number of nitrogens with one attached hydrogen (secondary N) is 4. The van der Waals surface area contributed by atoms with Crippen molar-refractivity contribution in [3.05, 3.63) is 97.6 Å². The lowest BCUT2D eigenvalue weighted by atomic mass is 10.1. The second-order valence-corrected chi connectivity index (χ2v) is 13.3. The molecule has 10 nitrogen and oxygen atoms in total. The second-order valence-electron chi connectivity index (χ2n) is 13.3. The van der Waals surface area contributed by atoms with Gasteiger partial charge in [-0.05, 0) is 108 Å². The van der Waals surface area contributed by atoms with Gasteiger partial charge in [0.25, 0.3) is 0 Å². The molecule has 0 bridgehead atoms. The van der Waals surface area contributed by atoms with Crippen molar-refractivity contribution < 1.29 is 10.4 Å². The van der Waals surface area contributed by atoms with Crippen LogP contribution in [0.2, 0.25) is 0 Å². The number of allylic oxidation sites excluding steroid dienone is 6. The van der Waals surface area contributed by atoms with Crippen molar-refractivity contribution in [2.75, 3.05) is 59.4 Å². The van der Waals surface area contributed by atoms with E-state index in [0.29, 0.717) is 37.4 Å². The molecule has 0 amide bonds. The second kappa shape index (κ2) is 29.2. The maximum Gasteiger partial charge on any atom is 0.0569 e. The van der Waals surface area contributed by atoms with E-state index in [1.807, 2.05) is 13.1 Å². The third-order valence-electron chi connectivity index (χ3n) is 8.48. The molecule has 0 heterocycles. The third kappa shape index (κ3) is 24.5. The quantitative estimate of drug-likeness (QED) is 0.0207. The van der Waals surface area contributed by atoms with E-state index in [-0.39, 0.29) is 0 Å². The van der Waals surface area contributed by atoms with Crippen LogP contribution in [0.15, 0.2) is 97.6 Å². The number of rotatable bonds is 35. The minimum Gasteiger partial charge on any atom is -0.389 e. The Morgan fingerprint density at radius 3 is 1.58 bits per heavy atom. The topological polar surface area (TPSA) is 124 Å². The van der Waals surface area contributed by atoms with Crippen LogP contribution in [0.1, 0.15) is 97.3 Å². The Hall–Kier alpha value is -3.60. The Kier molecular flexibility index (Phi) is 27.1. The number of nitrogens with two attached hydrogens (primary N) is 1. The Labute approximate surface area is 306 Å². The molecule has 0 atom stereocenters. The molecule has 0 fully saturated rings. The van der Waals surface area contributed by atoms with Gasteiger partial charge in [-0.25, -0.2) is 0 Å². The number of hydrogen-bond acceptors (Lipinski definition) is 10. The Bertz CT molecular complexity index is 1080. The number of unbranched alkanes of at least 4 members (excludes halogenated alkanes) is 6. The van der Waals surface area contributed by atoms with E-state index in [0.717, 1.165) is 144 Å². The normalized spacial score (nSPS) is 11.0. The van der Waals surface area contributed by atoms with Gasteiger partial charge in [0, 0.05) is 94.1 Å². The molecule has 10 heteroatoms. The molecule has 286 valence electrons. The SMILES string of the molecule is C=C(CCC(=C)N(C)CCCCCN/C(=C\NCCN)C(=C)C(=C)C)NCCCCCN(O)C(=C)CCC(=C)NCCCCCN(O)C(=C)C. The summed E-state index contributed by atoms with van der Waals surface area (Å²) in [6.45, 7) is 38.3. The Morgan fingerprint density at radius 1 is 0.600 bits per heavy atom. The zero-order chi connectivity index (χ0) is 37.7. The van der Waals surface area contributed by atoms with Crippen molar-refractivity contribution in [3.8, 4) is 0 Å². The lowest BCUT2D eigenvalue weighted by molar-refractivity contribution is -0.0589. The van der Waals surface area contributed by atoms with Gasteiger partial charge in [-0.1, -0.05) is 46.1 Å². The van der Waals surface area contributed by atoms with Crippen molar-refractivity contribution in [1.82, 2.24) is 36.3 Å². The predicted molar refractivity (Wildman–Crippen MR) is 214 cm³/mol. The maximum absolute atomic E-state index is 10.4. The summed E-state index contributed by atoms with van der Waals surface area (Å²) in [4.78, 5) is 2.26. The molecule has 0 aliphatic heterocycles. The van der Waals surface area contributed by atoms with Crippen LogP contribution in [0.5, 0.6) is 0 Å². The molecule has 8 N–H and O–H groups in total. The van der Waals surface area contributed by atoms with Crippen LogP contribution in [0, 0.1) is 0 Å². The highest BCUT2D eigenvalue weighted by atomic mass is 16.5. The largest absolute Gasteiger partial charge is 0.389 e. The first-order valence-electron chi connectivity index (χ1n) is 18.5.